The molecule has 0 amide bonds. The van der Waals surface area contributed by atoms with Crippen LogP contribution in [0.5, 0.6) is 0 Å². The predicted octanol–water partition coefficient (Wildman–Crippen LogP) is 12.9. The monoisotopic (exact) mass is 653 g/mol. The smallest absolute Gasteiger partial charge is 0.227 e. The van der Waals surface area contributed by atoms with E-state index < -0.39 is 0 Å². The molecule has 0 bridgehead atoms. The van der Waals surface area contributed by atoms with Crippen LogP contribution >= 0.6 is 0 Å². The maximum atomic E-state index is 6.38. The molecule has 4 heteroatoms. The van der Waals surface area contributed by atoms with Crippen LogP contribution in [0, 0.1) is 0 Å². The Morgan fingerprint density at radius 1 is 0.471 bits per heavy atom. The van der Waals surface area contributed by atoms with Gasteiger partial charge in [-0.2, -0.15) is 0 Å². The van der Waals surface area contributed by atoms with Gasteiger partial charge in [-0.3, -0.25) is 0 Å². The molecule has 10 rings (SSSR count). The zero-order chi connectivity index (χ0) is 33.7. The van der Waals surface area contributed by atoms with Gasteiger partial charge < -0.3 is 13.9 Å². The summed E-state index contributed by atoms with van der Waals surface area (Å²) in [4.78, 5) is 7.18. The molecule has 51 heavy (non-hydrogen) atoms. The van der Waals surface area contributed by atoms with Crippen LogP contribution in [0.15, 0.2) is 192 Å². The maximum absolute atomic E-state index is 6.38. The van der Waals surface area contributed by atoms with Gasteiger partial charge in [-0.25, -0.2) is 4.98 Å². The molecule has 8 aromatic carbocycles. The zero-order valence-corrected chi connectivity index (χ0v) is 27.6. The average molecular weight is 654 g/mol. The summed E-state index contributed by atoms with van der Waals surface area (Å²) in [5.41, 5.74) is 11.7. The first kappa shape index (κ1) is 29.0. The summed E-state index contributed by atoms with van der Waals surface area (Å²) < 4.78 is 8.75. The van der Waals surface area contributed by atoms with Crippen LogP contribution in [0.3, 0.4) is 0 Å². The highest BCUT2D eigenvalue weighted by Gasteiger charge is 2.21. The summed E-state index contributed by atoms with van der Waals surface area (Å²) in [6.07, 6.45) is 0. The van der Waals surface area contributed by atoms with Gasteiger partial charge >= 0.3 is 0 Å². The molecule has 240 valence electrons. The van der Waals surface area contributed by atoms with E-state index in [1.807, 2.05) is 36.4 Å². The molecule has 4 nitrogen and oxygen atoms in total. The minimum Gasteiger partial charge on any atom is -0.435 e. The van der Waals surface area contributed by atoms with Gasteiger partial charge in [0.15, 0.2) is 5.58 Å². The number of anilines is 3. The minimum atomic E-state index is 0.635. The van der Waals surface area contributed by atoms with Crippen LogP contribution in [0.25, 0.3) is 71.9 Å². The first-order valence-electron chi connectivity index (χ1n) is 17.2. The Hall–Kier alpha value is -6.91. The van der Waals surface area contributed by atoms with E-state index >= 15 is 0 Å². The molecule has 0 spiro atoms. The number of hydrogen-bond acceptors (Lipinski definition) is 3. The lowest BCUT2D eigenvalue weighted by molar-refractivity contribution is 0.623. The number of oxazole rings is 1. The van der Waals surface area contributed by atoms with E-state index in [2.05, 4.69) is 161 Å². The fourth-order valence-electron chi connectivity index (χ4n) is 7.44. The maximum Gasteiger partial charge on any atom is 0.227 e. The molecule has 0 fully saturated rings. The molecule has 0 aliphatic rings. The van der Waals surface area contributed by atoms with Crippen LogP contribution in [0.2, 0.25) is 0 Å². The van der Waals surface area contributed by atoms with Crippen molar-refractivity contribution < 1.29 is 4.42 Å². The third-order valence-corrected chi connectivity index (χ3v) is 9.80. The lowest BCUT2D eigenvalue weighted by Gasteiger charge is -2.26. The van der Waals surface area contributed by atoms with Crippen molar-refractivity contribution >= 4 is 60.7 Å². The second-order valence-electron chi connectivity index (χ2n) is 12.8. The fourth-order valence-corrected chi connectivity index (χ4v) is 7.44. The van der Waals surface area contributed by atoms with Crippen molar-refractivity contribution in [3.8, 4) is 28.3 Å². The van der Waals surface area contributed by atoms with Gasteiger partial charge in [-0.05, 0) is 95.4 Å². The van der Waals surface area contributed by atoms with Crippen molar-refractivity contribution in [2.75, 3.05) is 4.90 Å². The molecule has 2 heterocycles. The molecule has 0 unspecified atom stereocenters. The molecule has 10 aromatic rings. The van der Waals surface area contributed by atoms with Gasteiger partial charge in [0, 0.05) is 38.8 Å². The minimum absolute atomic E-state index is 0.635. The Kier molecular flexibility index (Phi) is 6.78. The van der Waals surface area contributed by atoms with Crippen LogP contribution < -0.4 is 4.90 Å². The molecule has 2 aromatic heterocycles. The Morgan fingerprint density at radius 2 is 1.12 bits per heavy atom. The highest BCUT2D eigenvalue weighted by atomic mass is 16.3. The first-order chi connectivity index (χ1) is 25.3. The molecule has 0 aliphatic carbocycles. The first-order valence-corrected chi connectivity index (χ1v) is 17.2. The van der Waals surface area contributed by atoms with Crippen LogP contribution in [-0.4, -0.2) is 9.55 Å². The summed E-state index contributed by atoms with van der Waals surface area (Å²) in [6, 6.07) is 66.3. The normalized spacial score (nSPS) is 11.5. The van der Waals surface area contributed by atoms with Crippen molar-refractivity contribution in [3.63, 3.8) is 0 Å². The Bertz CT molecular complexity index is 2840. The fraction of sp³-hybridized carbons (Fsp3) is 0. The Balaban J connectivity index is 1.10. The van der Waals surface area contributed by atoms with Crippen LogP contribution in [0.1, 0.15) is 0 Å². The summed E-state index contributed by atoms with van der Waals surface area (Å²) in [5, 5.41) is 4.60. The van der Waals surface area contributed by atoms with Gasteiger partial charge in [-0.15, -0.1) is 0 Å². The lowest BCUT2D eigenvalue weighted by atomic mass is 10.00. The average Bonchev–Trinajstić information content (AvgIpc) is 3.80. The highest BCUT2D eigenvalue weighted by molar-refractivity contribution is 6.16. The van der Waals surface area contributed by atoms with Gasteiger partial charge in [0.1, 0.15) is 5.52 Å². The van der Waals surface area contributed by atoms with Gasteiger partial charge in [-0.1, -0.05) is 109 Å². The number of aromatic nitrogens is 2. The molecule has 0 radical (unpaired) electrons. The summed E-state index contributed by atoms with van der Waals surface area (Å²) in [6.45, 7) is 0. The number of rotatable bonds is 6. The molecule has 0 atom stereocenters. The highest BCUT2D eigenvalue weighted by Crippen LogP contribution is 2.44. The largest absolute Gasteiger partial charge is 0.435 e. The van der Waals surface area contributed by atoms with Gasteiger partial charge in [0.25, 0.3) is 0 Å². The summed E-state index contributed by atoms with van der Waals surface area (Å²) in [7, 11) is 0. The third kappa shape index (κ3) is 4.88. The molecular formula is C47H31N3O. The Morgan fingerprint density at radius 3 is 1.92 bits per heavy atom. The van der Waals surface area contributed by atoms with Crippen molar-refractivity contribution in [2.45, 2.75) is 0 Å². The van der Waals surface area contributed by atoms with Gasteiger partial charge in [0.2, 0.25) is 5.89 Å². The van der Waals surface area contributed by atoms with E-state index in [-0.39, 0.29) is 0 Å². The second kappa shape index (κ2) is 11.9. The second-order valence-corrected chi connectivity index (χ2v) is 12.8. The van der Waals surface area contributed by atoms with Crippen molar-refractivity contribution in [2.24, 2.45) is 0 Å². The summed E-state index contributed by atoms with van der Waals surface area (Å²) >= 11 is 0. The molecule has 0 N–H and O–H groups in total. The van der Waals surface area contributed by atoms with E-state index in [4.69, 9.17) is 9.40 Å². The van der Waals surface area contributed by atoms with Crippen molar-refractivity contribution in [1.29, 1.82) is 0 Å². The van der Waals surface area contributed by atoms with Gasteiger partial charge in [0.05, 0.1) is 16.7 Å². The number of nitrogens with zero attached hydrogens (tertiary/aromatic N) is 3. The predicted molar refractivity (Wildman–Crippen MR) is 211 cm³/mol. The summed E-state index contributed by atoms with van der Waals surface area (Å²) in [5.74, 6) is 0.635. The Labute approximate surface area is 295 Å². The van der Waals surface area contributed by atoms with Crippen molar-refractivity contribution in [3.05, 3.63) is 188 Å². The molecule has 0 saturated heterocycles. The quantitative estimate of drug-likeness (QED) is 0.179. The van der Waals surface area contributed by atoms with E-state index in [9.17, 15) is 0 Å². The molecule has 0 saturated carbocycles. The van der Waals surface area contributed by atoms with E-state index in [1.165, 1.54) is 21.8 Å². The topological polar surface area (TPSA) is 34.2 Å². The van der Waals surface area contributed by atoms with E-state index in [1.54, 1.807) is 0 Å². The standard InChI is InChI=1S/C47H31N3O/c1-4-13-34(14-5-1)47-48-41-30-27-33-23-24-35(31-40(33)46(41)51-47)32-25-28-38(29-26-32)49(36-15-6-2-7-16-36)43-21-12-22-44-45(43)39-19-10-11-20-42(39)50(44)37-17-8-3-9-18-37/h1-31H. The molecular weight excluding hydrogens is 623 g/mol. The van der Waals surface area contributed by atoms with Crippen molar-refractivity contribution in [1.82, 2.24) is 9.55 Å². The van der Waals surface area contributed by atoms with Crippen LogP contribution in [-0.2, 0) is 0 Å². The van der Waals surface area contributed by atoms with E-state index in [0.29, 0.717) is 5.89 Å². The SMILES string of the molecule is c1ccc(-c2nc3ccc4ccc(-c5ccc(N(c6ccccc6)c6cccc7c6c6ccccc6n7-c6ccccc6)cc5)cc4c3o2)cc1. The number of benzene rings is 8. The number of para-hydroxylation sites is 3. The molecule has 0 aliphatic heterocycles. The number of hydrogen-bond donors (Lipinski definition) is 0. The third-order valence-electron chi connectivity index (χ3n) is 9.80. The van der Waals surface area contributed by atoms with E-state index in [0.717, 1.165) is 61.3 Å². The lowest BCUT2D eigenvalue weighted by Crippen LogP contribution is -2.10. The number of fused-ring (bicyclic) bond motifs is 6. The zero-order valence-electron chi connectivity index (χ0n) is 27.6. The van der Waals surface area contributed by atoms with Crippen LogP contribution in [0.4, 0.5) is 17.1 Å².